The normalized spacial score (nSPS) is 15.2. The first-order valence-electron chi connectivity index (χ1n) is 8.52. The monoisotopic (exact) mass is 378 g/mol. The van der Waals surface area contributed by atoms with Gasteiger partial charge in [0.25, 0.3) is 0 Å². The Labute approximate surface area is 142 Å². The van der Waals surface area contributed by atoms with Gasteiger partial charge in [0.15, 0.2) is 0 Å². The Bertz CT molecular complexity index is 333. The molecule has 0 aromatic carbocycles. The average molecular weight is 379 g/mol. The van der Waals surface area contributed by atoms with Crippen LogP contribution in [-0.4, -0.2) is 26.5 Å². The second kappa shape index (κ2) is 11.9. The summed E-state index contributed by atoms with van der Waals surface area (Å²) in [5.41, 5.74) is 0. The van der Waals surface area contributed by atoms with E-state index in [2.05, 4.69) is 22.9 Å². The maximum atomic E-state index is 11.6. The molecular formula is C17H31BrO4. The highest BCUT2D eigenvalue weighted by atomic mass is 79.9. The molecule has 0 aliphatic rings. The summed E-state index contributed by atoms with van der Waals surface area (Å²) in [7, 11) is 0. The highest BCUT2D eigenvalue weighted by molar-refractivity contribution is 9.10. The van der Waals surface area contributed by atoms with Gasteiger partial charge in [-0.2, -0.15) is 0 Å². The van der Waals surface area contributed by atoms with E-state index in [1.165, 1.54) is 32.1 Å². The van der Waals surface area contributed by atoms with Gasteiger partial charge in [0.05, 0.1) is 6.42 Å². The minimum atomic E-state index is -1.34. The molecule has 4 nitrogen and oxygen atoms in total. The van der Waals surface area contributed by atoms with Crippen LogP contribution in [0.4, 0.5) is 0 Å². The zero-order valence-electron chi connectivity index (χ0n) is 13.9. The number of carboxylic acid groups (broad SMARTS) is 2. The summed E-state index contributed by atoms with van der Waals surface area (Å²) in [6.07, 6.45) is 10.3. The molecule has 2 N–H and O–H groups in total. The van der Waals surface area contributed by atoms with Gasteiger partial charge in [0.1, 0.15) is 4.32 Å². The molecule has 130 valence electrons. The third kappa shape index (κ3) is 8.16. The third-order valence-corrected chi connectivity index (χ3v) is 5.47. The molecule has 0 aromatic heterocycles. The summed E-state index contributed by atoms with van der Waals surface area (Å²) in [6, 6.07) is 0. The summed E-state index contributed by atoms with van der Waals surface area (Å²) in [5.74, 6) is -2.27. The van der Waals surface area contributed by atoms with Crippen molar-refractivity contribution in [2.45, 2.75) is 88.8 Å². The average Bonchev–Trinajstić information content (AvgIpc) is 2.44. The van der Waals surface area contributed by atoms with Gasteiger partial charge in [-0.15, -0.1) is 0 Å². The van der Waals surface area contributed by atoms with E-state index in [-0.39, 0.29) is 12.3 Å². The number of unbranched alkanes of at least 4 members (excludes halogenated alkanes) is 6. The van der Waals surface area contributed by atoms with Crippen molar-refractivity contribution in [1.29, 1.82) is 0 Å². The van der Waals surface area contributed by atoms with Crippen LogP contribution >= 0.6 is 15.9 Å². The quantitative estimate of drug-likeness (QED) is 0.320. The van der Waals surface area contributed by atoms with Crippen LogP contribution in [0.1, 0.15) is 84.5 Å². The minimum absolute atomic E-state index is 0.137. The molecule has 0 saturated heterocycles. The lowest BCUT2D eigenvalue weighted by molar-refractivity contribution is -0.147. The Kier molecular flexibility index (Phi) is 11.6. The van der Waals surface area contributed by atoms with E-state index in [0.717, 1.165) is 32.1 Å². The topological polar surface area (TPSA) is 74.6 Å². The van der Waals surface area contributed by atoms with Crippen LogP contribution in [0.15, 0.2) is 0 Å². The van der Waals surface area contributed by atoms with Crippen LogP contribution in [0.3, 0.4) is 0 Å². The zero-order valence-corrected chi connectivity index (χ0v) is 15.5. The predicted octanol–water partition coefficient (Wildman–Crippen LogP) is 5.24. The maximum absolute atomic E-state index is 11.6. The number of halogens is 1. The number of carboxylic acids is 2. The van der Waals surface area contributed by atoms with Crippen LogP contribution in [0.2, 0.25) is 0 Å². The van der Waals surface area contributed by atoms with Crippen molar-refractivity contribution >= 4 is 27.9 Å². The van der Waals surface area contributed by atoms with Crippen LogP contribution in [0.5, 0.6) is 0 Å². The Hall–Kier alpha value is -0.580. The fourth-order valence-corrected chi connectivity index (χ4v) is 3.61. The van der Waals surface area contributed by atoms with Crippen molar-refractivity contribution in [3.05, 3.63) is 0 Å². The second-order valence-electron chi connectivity index (χ2n) is 6.13. The number of aliphatic carboxylic acids is 2. The lowest BCUT2D eigenvalue weighted by Crippen LogP contribution is -2.42. The number of alkyl halides is 1. The molecule has 2 unspecified atom stereocenters. The van der Waals surface area contributed by atoms with Crippen molar-refractivity contribution in [2.24, 2.45) is 5.92 Å². The highest BCUT2D eigenvalue weighted by Gasteiger charge is 2.44. The Morgan fingerprint density at radius 2 is 1.45 bits per heavy atom. The molecule has 0 radical (unpaired) electrons. The Balaban J connectivity index is 4.42. The first kappa shape index (κ1) is 21.4. The summed E-state index contributed by atoms with van der Waals surface area (Å²) in [5, 5.41) is 18.5. The van der Waals surface area contributed by atoms with Gasteiger partial charge >= 0.3 is 11.9 Å². The number of hydrogen-bond acceptors (Lipinski definition) is 2. The summed E-state index contributed by atoms with van der Waals surface area (Å²) in [4.78, 5) is 22.6. The second-order valence-corrected chi connectivity index (χ2v) is 7.55. The van der Waals surface area contributed by atoms with Crippen molar-refractivity contribution < 1.29 is 19.8 Å². The van der Waals surface area contributed by atoms with Gasteiger partial charge in [0, 0.05) is 0 Å². The van der Waals surface area contributed by atoms with Gasteiger partial charge in [-0.25, -0.2) is 0 Å². The molecule has 0 amide bonds. The number of hydrogen-bond donors (Lipinski definition) is 2. The highest BCUT2D eigenvalue weighted by Crippen LogP contribution is 2.38. The smallest absolute Gasteiger partial charge is 0.321 e. The molecule has 0 aliphatic carbocycles. The Morgan fingerprint density at radius 3 is 1.91 bits per heavy atom. The van der Waals surface area contributed by atoms with E-state index in [4.69, 9.17) is 5.11 Å². The molecule has 22 heavy (non-hydrogen) atoms. The SMILES string of the molecule is CCCCCCCCCC(CCC)C(Br)(CC(=O)O)C(=O)O. The van der Waals surface area contributed by atoms with E-state index in [1.807, 2.05) is 6.92 Å². The standard InChI is InChI=1S/C17H31BrO4/c1-3-5-6-7-8-9-10-12-14(11-4-2)17(18,16(21)22)13-15(19)20/h14H,3-13H2,1-2H3,(H,19,20)(H,21,22). The van der Waals surface area contributed by atoms with Gasteiger partial charge in [-0.05, 0) is 18.8 Å². The van der Waals surface area contributed by atoms with E-state index in [1.54, 1.807) is 0 Å². The molecular weight excluding hydrogens is 348 g/mol. The van der Waals surface area contributed by atoms with E-state index in [9.17, 15) is 14.7 Å². The molecule has 0 aliphatic heterocycles. The number of rotatable bonds is 14. The first-order chi connectivity index (χ1) is 10.4. The van der Waals surface area contributed by atoms with E-state index in [0.29, 0.717) is 0 Å². The van der Waals surface area contributed by atoms with Crippen LogP contribution in [-0.2, 0) is 9.59 Å². The lowest BCUT2D eigenvalue weighted by atomic mass is 9.82. The Morgan fingerprint density at radius 1 is 0.909 bits per heavy atom. The summed E-state index contributed by atoms with van der Waals surface area (Å²) < 4.78 is -1.34. The van der Waals surface area contributed by atoms with E-state index >= 15 is 0 Å². The van der Waals surface area contributed by atoms with Crippen molar-refractivity contribution in [2.75, 3.05) is 0 Å². The molecule has 0 heterocycles. The first-order valence-corrected chi connectivity index (χ1v) is 9.31. The molecule has 2 atom stereocenters. The van der Waals surface area contributed by atoms with Crippen LogP contribution < -0.4 is 0 Å². The van der Waals surface area contributed by atoms with Gasteiger partial charge in [0.2, 0.25) is 0 Å². The molecule has 0 aromatic rings. The molecule has 0 bridgehead atoms. The summed E-state index contributed by atoms with van der Waals surface area (Å²) in [6.45, 7) is 4.20. The van der Waals surface area contributed by atoms with Crippen LogP contribution in [0.25, 0.3) is 0 Å². The maximum Gasteiger partial charge on any atom is 0.321 e. The van der Waals surface area contributed by atoms with Crippen molar-refractivity contribution in [3.8, 4) is 0 Å². The zero-order chi connectivity index (χ0) is 17.0. The molecule has 0 saturated carbocycles. The van der Waals surface area contributed by atoms with Crippen molar-refractivity contribution in [1.82, 2.24) is 0 Å². The lowest BCUT2D eigenvalue weighted by Gasteiger charge is -2.31. The molecule has 0 fully saturated rings. The number of carbonyl (C=O) groups is 2. The van der Waals surface area contributed by atoms with Crippen LogP contribution in [0, 0.1) is 5.92 Å². The van der Waals surface area contributed by atoms with E-state index < -0.39 is 16.3 Å². The fraction of sp³-hybridized carbons (Fsp3) is 0.882. The third-order valence-electron chi connectivity index (χ3n) is 4.20. The predicted molar refractivity (Wildman–Crippen MR) is 92.6 cm³/mol. The molecule has 0 rings (SSSR count). The van der Waals surface area contributed by atoms with Gasteiger partial charge in [-0.3, -0.25) is 9.59 Å². The largest absolute Gasteiger partial charge is 0.481 e. The fourth-order valence-electron chi connectivity index (χ4n) is 2.91. The minimum Gasteiger partial charge on any atom is -0.481 e. The van der Waals surface area contributed by atoms with Gasteiger partial charge < -0.3 is 10.2 Å². The molecule has 5 heteroatoms. The van der Waals surface area contributed by atoms with Crippen molar-refractivity contribution in [3.63, 3.8) is 0 Å². The molecule has 0 spiro atoms. The van der Waals surface area contributed by atoms with Gasteiger partial charge in [-0.1, -0.05) is 81.1 Å². The summed E-state index contributed by atoms with van der Waals surface area (Å²) >= 11 is 3.24.